The van der Waals surface area contributed by atoms with Crippen LogP contribution in [0.5, 0.6) is 0 Å². The molecule has 25 heavy (non-hydrogen) atoms. The van der Waals surface area contributed by atoms with E-state index in [0.717, 1.165) is 44.8 Å². The Labute approximate surface area is 147 Å². The third-order valence-corrected chi connectivity index (χ3v) is 5.92. The SMILES string of the molecule is CCn1c([C@@H]2C[C@H](OC)CN2CC2CC3(COCCO3)C2)n[nH]c1=O. The first-order chi connectivity index (χ1) is 12.1. The third-order valence-electron chi connectivity index (χ3n) is 5.92. The Morgan fingerprint density at radius 1 is 1.40 bits per heavy atom. The molecule has 1 N–H and O–H groups in total. The Kier molecular flexibility index (Phi) is 4.70. The van der Waals surface area contributed by atoms with Crippen LogP contribution in [0.4, 0.5) is 0 Å². The highest BCUT2D eigenvalue weighted by Crippen LogP contribution is 2.44. The summed E-state index contributed by atoms with van der Waals surface area (Å²) in [5.74, 6) is 1.43. The molecule has 1 aliphatic carbocycles. The maximum atomic E-state index is 11.9. The van der Waals surface area contributed by atoms with Gasteiger partial charge in [-0.25, -0.2) is 9.89 Å². The maximum Gasteiger partial charge on any atom is 0.343 e. The van der Waals surface area contributed by atoms with Gasteiger partial charge in [-0.05, 0) is 32.1 Å². The minimum Gasteiger partial charge on any atom is -0.380 e. The molecule has 3 heterocycles. The number of aromatic amines is 1. The smallest absolute Gasteiger partial charge is 0.343 e. The molecule has 2 aliphatic heterocycles. The molecule has 1 aromatic heterocycles. The lowest BCUT2D eigenvalue weighted by atomic mass is 9.70. The van der Waals surface area contributed by atoms with Crippen molar-refractivity contribution in [1.82, 2.24) is 19.7 Å². The average molecular weight is 352 g/mol. The van der Waals surface area contributed by atoms with Gasteiger partial charge in [0, 0.05) is 26.7 Å². The molecule has 0 amide bonds. The Morgan fingerprint density at radius 2 is 2.24 bits per heavy atom. The lowest BCUT2D eigenvalue weighted by molar-refractivity contribution is -0.212. The van der Waals surface area contributed by atoms with E-state index in [-0.39, 0.29) is 23.4 Å². The molecular formula is C17H28N4O4. The van der Waals surface area contributed by atoms with E-state index in [9.17, 15) is 4.79 Å². The second-order valence-corrected chi connectivity index (χ2v) is 7.55. The van der Waals surface area contributed by atoms with Gasteiger partial charge in [-0.3, -0.25) is 9.47 Å². The van der Waals surface area contributed by atoms with E-state index in [1.54, 1.807) is 11.7 Å². The van der Waals surface area contributed by atoms with E-state index in [0.29, 0.717) is 25.7 Å². The second kappa shape index (κ2) is 6.83. The summed E-state index contributed by atoms with van der Waals surface area (Å²) in [6.45, 7) is 6.62. The minimum atomic E-state index is -0.131. The van der Waals surface area contributed by atoms with Gasteiger partial charge >= 0.3 is 5.69 Å². The number of hydrogen-bond acceptors (Lipinski definition) is 6. The largest absolute Gasteiger partial charge is 0.380 e. The molecule has 140 valence electrons. The van der Waals surface area contributed by atoms with Crippen LogP contribution in [0, 0.1) is 5.92 Å². The third kappa shape index (κ3) is 3.16. The van der Waals surface area contributed by atoms with Crippen molar-refractivity contribution in [3.05, 3.63) is 16.3 Å². The zero-order valence-corrected chi connectivity index (χ0v) is 15.1. The normalized spacial score (nSPS) is 36.0. The van der Waals surface area contributed by atoms with Crippen LogP contribution in [0.25, 0.3) is 0 Å². The number of nitrogens with zero attached hydrogens (tertiary/aromatic N) is 3. The summed E-state index contributed by atoms with van der Waals surface area (Å²) in [7, 11) is 1.76. The van der Waals surface area contributed by atoms with Crippen molar-refractivity contribution in [2.24, 2.45) is 5.92 Å². The predicted molar refractivity (Wildman–Crippen MR) is 90.5 cm³/mol. The summed E-state index contributed by atoms with van der Waals surface area (Å²) in [4.78, 5) is 14.4. The van der Waals surface area contributed by atoms with Gasteiger partial charge in [-0.2, -0.15) is 5.10 Å². The number of likely N-dealkylation sites (tertiary alicyclic amines) is 1. The summed E-state index contributed by atoms with van der Waals surface area (Å²) in [6, 6.07) is 0.129. The van der Waals surface area contributed by atoms with Gasteiger partial charge in [0.05, 0.1) is 37.6 Å². The van der Waals surface area contributed by atoms with E-state index >= 15 is 0 Å². The van der Waals surface area contributed by atoms with Crippen molar-refractivity contribution in [1.29, 1.82) is 0 Å². The van der Waals surface area contributed by atoms with Crippen molar-refractivity contribution in [3.8, 4) is 0 Å². The van der Waals surface area contributed by atoms with E-state index in [2.05, 4.69) is 15.1 Å². The van der Waals surface area contributed by atoms with Gasteiger partial charge < -0.3 is 14.2 Å². The molecule has 0 unspecified atom stereocenters. The van der Waals surface area contributed by atoms with Crippen LogP contribution in [0.1, 0.15) is 38.1 Å². The predicted octanol–water partition coefficient (Wildman–Crippen LogP) is 0.549. The van der Waals surface area contributed by atoms with Crippen LogP contribution >= 0.6 is 0 Å². The summed E-state index contributed by atoms with van der Waals surface area (Å²) < 4.78 is 18.9. The van der Waals surface area contributed by atoms with Gasteiger partial charge in [-0.1, -0.05) is 0 Å². The zero-order chi connectivity index (χ0) is 17.4. The molecule has 0 aromatic carbocycles. The fourth-order valence-electron chi connectivity index (χ4n) is 4.70. The molecule has 1 aromatic rings. The second-order valence-electron chi connectivity index (χ2n) is 7.55. The molecule has 0 radical (unpaired) electrons. The average Bonchev–Trinajstić information content (AvgIpc) is 3.17. The number of rotatable bonds is 5. The quantitative estimate of drug-likeness (QED) is 0.833. The van der Waals surface area contributed by atoms with E-state index < -0.39 is 0 Å². The first-order valence-electron chi connectivity index (χ1n) is 9.28. The monoisotopic (exact) mass is 352 g/mol. The zero-order valence-electron chi connectivity index (χ0n) is 15.1. The number of H-pyrrole nitrogens is 1. The van der Waals surface area contributed by atoms with Crippen molar-refractivity contribution in [2.45, 2.75) is 50.5 Å². The van der Waals surface area contributed by atoms with Crippen molar-refractivity contribution < 1.29 is 14.2 Å². The lowest BCUT2D eigenvalue weighted by Gasteiger charge is -2.50. The van der Waals surface area contributed by atoms with Crippen LogP contribution in [-0.2, 0) is 20.8 Å². The molecule has 8 nitrogen and oxygen atoms in total. The molecule has 1 spiro atoms. The van der Waals surface area contributed by atoms with E-state index in [1.807, 2.05) is 6.92 Å². The molecule has 8 heteroatoms. The number of nitrogens with one attached hydrogen (secondary N) is 1. The molecule has 2 atom stereocenters. The highest BCUT2D eigenvalue weighted by Gasteiger charge is 2.48. The van der Waals surface area contributed by atoms with E-state index in [4.69, 9.17) is 14.2 Å². The Balaban J connectivity index is 1.45. The van der Waals surface area contributed by atoms with Crippen molar-refractivity contribution in [3.63, 3.8) is 0 Å². The van der Waals surface area contributed by atoms with Crippen LogP contribution in [0.2, 0.25) is 0 Å². The molecule has 3 aliphatic rings. The van der Waals surface area contributed by atoms with Gasteiger partial charge in [0.15, 0.2) is 5.82 Å². The van der Waals surface area contributed by atoms with Crippen LogP contribution in [0.15, 0.2) is 4.79 Å². The Hall–Kier alpha value is -1.22. The first-order valence-corrected chi connectivity index (χ1v) is 9.28. The fourth-order valence-corrected chi connectivity index (χ4v) is 4.70. The van der Waals surface area contributed by atoms with Gasteiger partial charge in [0.25, 0.3) is 0 Å². The summed E-state index contributed by atoms with van der Waals surface area (Å²) in [6.07, 6.45) is 3.16. The summed E-state index contributed by atoms with van der Waals surface area (Å²) in [5, 5.41) is 6.91. The fraction of sp³-hybridized carbons (Fsp3) is 0.882. The molecular weight excluding hydrogens is 324 g/mol. The van der Waals surface area contributed by atoms with Crippen molar-refractivity contribution >= 4 is 0 Å². The maximum absolute atomic E-state index is 11.9. The summed E-state index contributed by atoms with van der Waals surface area (Å²) >= 11 is 0. The Morgan fingerprint density at radius 3 is 2.92 bits per heavy atom. The topological polar surface area (TPSA) is 81.6 Å². The highest BCUT2D eigenvalue weighted by molar-refractivity contribution is 5.04. The summed E-state index contributed by atoms with van der Waals surface area (Å²) in [5.41, 5.74) is -0.176. The molecule has 1 saturated carbocycles. The van der Waals surface area contributed by atoms with Gasteiger partial charge in [0.2, 0.25) is 0 Å². The number of hydrogen-bond donors (Lipinski definition) is 1. The van der Waals surface area contributed by atoms with Crippen LogP contribution in [0.3, 0.4) is 0 Å². The van der Waals surface area contributed by atoms with Gasteiger partial charge in [-0.15, -0.1) is 0 Å². The molecule has 0 bridgehead atoms. The first kappa shape index (κ1) is 17.2. The van der Waals surface area contributed by atoms with E-state index in [1.165, 1.54) is 0 Å². The van der Waals surface area contributed by atoms with Crippen LogP contribution in [-0.4, -0.2) is 71.4 Å². The number of ether oxygens (including phenoxy) is 3. The molecule has 3 fully saturated rings. The Bertz CT molecular complexity index is 643. The van der Waals surface area contributed by atoms with Crippen molar-refractivity contribution in [2.75, 3.05) is 40.0 Å². The number of methoxy groups -OCH3 is 1. The standard InChI is InChI=1S/C17H28N4O4/c1-3-21-15(18-19-16(21)22)14-6-13(23-2)10-20(14)9-12-7-17(8-12)11-24-4-5-25-17/h12-14H,3-11H2,1-2H3,(H,19,22)/t12?,13-,14-,17?/m0/s1. The number of aromatic nitrogens is 3. The van der Waals surface area contributed by atoms with Crippen LogP contribution < -0.4 is 5.69 Å². The molecule has 4 rings (SSSR count). The highest BCUT2D eigenvalue weighted by atomic mass is 16.6. The lowest BCUT2D eigenvalue weighted by Crippen LogP contribution is -2.55. The minimum absolute atomic E-state index is 0.0450. The molecule has 2 saturated heterocycles. The van der Waals surface area contributed by atoms with Gasteiger partial charge in [0.1, 0.15) is 0 Å².